The zero-order valence-corrected chi connectivity index (χ0v) is 11.7. The highest BCUT2D eigenvalue weighted by Crippen LogP contribution is 2.35. The molecule has 2 heteroatoms. The summed E-state index contributed by atoms with van der Waals surface area (Å²) in [5.74, 6) is 0.649. The largest absolute Gasteiger partial charge is 0.371 e. The lowest BCUT2D eigenvalue weighted by molar-refractivity contribution is 0.0219. The van der Waals surface area contributed by atoms with Crippen molar-refractivity contribution in [2.75, 3.05) is 13.2 Å². The first kappa shape index (κ1) is 13.1. The first-order valence-corrected chi connectivity index (χ1v) is 6.88. The molecule has 2 aliphatic rings. The molecule has 98 valence electrons. The Morgan fingerprint density at radius 3 is 2.71 bits per heavy atom. The normalized spacial score (nSPS) is 33.4. The van der Waals surface area contributed by atoms with Crippen LogP contribution in [0, 0.1) is 11.3 Å². The Hall–Kier alpha value is -0.340. The van der Waals surface area contributed by atoms with Gasteiger partial charge < -0.3 is 9.47 Å². The summed E-state index contributed by atoms with van der Waals surface area (Å²) in [5, 5.41) is 0. The van der Waals surface area contributed by atoms with Crippen LogP contribution in [-0.2, 0) is 9.47 Å². The van der Waals surface area contributed by atoms with Gasteiger partial charge in [-0.2, -0.15) is 0 Å². The predicted octanol–water partition coefficient (Wildman–Crippen LogP) is 3.56. The molecule has 0 spiro atoms. The van der Waals surface area contributed by atoms with Crippen LogP contribution in [0.3, 0.4) is 0 Å². The quantitative estimate of drug-likeness (QED) is 0.552. The molecule has 0 radical (unpaired) electrons. The molecule has 2 rings (SSSR count). The van der Waals surface area contributed by atoms with E-state index in [2.05, 4.69) is 33.8 Å². The lowest BCUT2D eigenvalue weighted by Gasteiger charge is -2.33. The van der Waals surface area contributed by atoms with Crippen molar-refractivity contribution >= 4 is 0 Å². The molecular formula is C15H26O2. The maximum Gasteiger partial charge on any atom is 0.104 e. The standard InChI is InChI=1S/C15H26O2/c1-11-6-5-7-12(8-15(2,3)4)14(11)17-10-13-9-16-13/h7,11,13-14H,5-6,8-10H2,1-4H3. The molecule has 1 saturated heterocycles. The van der Waals surface area contributed by atoms with E-state index >= 15 is 0 Å². The third kappa shape index (κ3) is 4.11. The minimum Gasteiger partial charge on any atom is -0.371 e. The van der Waals surface area contributed by atoms with Crippen LogP contribution < -0.4 is 0 Å². The average Bonchev–Trinajstić information content (AvgIpc) is 2.98. The highest BCUT2D eigenvalue weighted by molar-refractivity contribution is 5.15. The van der Waals surface area contributed by atoms with Gasteiger partial charge in [-0.25, -0.2) is 0 Å². The molecule has 0 saturated carbocycles. The number of hydrogen-bond donors (Lipinski definition) is 0. The van der Waals surface area contributed by atoms with Gasteiger partial charge in [-0.05, 0) is 36.2 Å². The van der Waals surface area contributed by atoms with Gasteiger partial charge in [0.1, 0.15) is 6.10 Å². The average molecular weight is 238 g/mol. The third-order valence-corrected chi connectivity index (χ3v) is 3.51. The molecule has 0 aromatic heterocycles. The first-order chi connectivity index (χ1) is 7.96. The summed E-state index contributed by atoms with van der Waals surface area (Å²) in [4.78, 5) is 0. The van der Waals surface area contributed by atoms with Crippen molar-refractivity contribution < 1.29 is 9.47 Å². The van der Waals surface area contributed by atoms with Crippen molar-refractivity contribution in [2.24, 2.45) is 11.3 Å². The van der Waals surface area contributed by atoms with Crippen molar-refractivity contribution in [3.63, 3.8) is 0 Å². The summed E-state index contributed by atoms with van der Waals surface area (Å²) in [5.41, 5.74) is 1.86. The molecule has 0 amide bonds. The van der Waals surface area contributed by atoms with Crippen molar-refractivity contribution in [2.45, 2.75) is 59.2 Å². The van der Waals surface area contributed by atoms with Gasteiger partial charge in [-0.3, -0.25) is 0 Å². The fourth-order valence-corrected chi connectivity index (χ4v) is 2.60. The van der Waals surface area contributed by atoms with Gasteiger partial charge in [0.05, 0.1) is 19.3 Å². The highest BCUT2D eigenvalue weighted by atomic mass is 16.6. The molecule has 0 aromatic rings. The summed E-state index contributed by atoms with van der Waals surface area (Å²) in [6.45, 7) is 10.9. The maximum absolute atomic E-state index is 6.08. The van der Waals surface area contributed by atoms with Crippen LogP contribution in [-0.4, -0.2) is 25.4 Å². The Morgan fingerprint density at radius 2 is 2.12 bits per heavy atom. The Balaban J connectivity index is 1.95. The van der Waals surface area contributed by atoms with E-state index in [9.17, 15) is 0 Å². The van der Waals surface area contributed by atoms with Gasteiger partial charge in [0.25, 0.3) is 0 Å². The summed E-state index contributed by atoms with van der Waals surface area (Å²) in [6.07, 6.45) is 6.72. The van der Waals surface area contributed by atoms with Crippen LogP contribution in [0.1, 0.15) is 47.0 Å². The van der Waals surface area contributed by atoms with Crippen LogP contribution in [0.2, 0.25) is 0 Å². The Bertz CT molecular complexity index is 284. The van der Waals surface area contributed by atoms with E-state index in [1.54, 1.807) is 0 Å². The molecule has 1 fully saturated rings. The summed E-state index contributed by atoms with van der Waals surface area (Å²) in [7, 11) is 0. The summed E-state index contributed by atoms with van der Waals surface area (Å²) in [6, 6.07) is 0. The molecule has 1 aliphatic heterocycles. The minimum atomic E-state index is 0.326. The van der Waals surface area contributed by atoms with Gasteiger partial charge >= 0.3 is 0 Å². The SMILES string of the molecule is CC1CCC=C(CC(C)(C)C)C1OCC1CO1. The van der Waals surface area contributed by atoms with Crippen LogP contribution in [0.5, 0.6) is 0 Å². The second-order valence-corrected chi connectivity index (χ2v) is 6.78. The third-order valence-electron chi connectivity index (χ3n) is 3.51. The van der Waals surface area contributed by atoms with E-state index in [0.29, 0.717) is 23.5 Å². The van der Waals surface area contributed by atoms with E-state index in [1.807, 2.05) is 0 Å². The predicted molar refractivity (Wildman–Crippen MR) is 70.0 cm³/mol. The molecule has 0 N–H and O–H groups in total. The van der Waals surface area contributed by atoms with Gasteiger partial charge in [0.2, 0.25) is 0 Å². The molecule has 3 unspecified atom stereocenters. The zero-order valence-electron chi connectivity index (χ0n) is 11.7. The van der Waals surface area contributed by atoms with Crippen LogP contribution in [0.25, 0.3) is 0 Å². The van der Waals surface area contributed by atoms with Crippen LogP contribution in [0.4, 0.5) is 0 Å². The Labute approximate surface area is 105 Å². The van der Waals surface area contributed by atoms with E-state index in [4.69, 9.17) is 9.47 Å². The van der Waals surface area contributed by atoms with Gasteiger partial charge in [0.15, 0.2) is 0 Å². The van der Waals surface area contributed by atoms with Gasteiger partial charge in [-0.15, -0.1) is 0 Å². The number of allylic oxidation sites excluding steroid dienone is 1. The van der Waals surface area contributed by atoms with E-state index in [0.717, 1.165) is 19.6 Å². The molecule has 2 nitrogen and oxygen atoms in total. The number of rotatable bonds is 4. The summed E-state index contributed by atoms with van der Waals surface area (Å²) >= 11 is 0. The van der Waals surface area contributed by atoms with Crippen molar-refractivity contribution in [1.82, 2.24) is 0 Å². The smallest absolute Gasteiger partial charge is 0.104 e. The fraction of sp³-hybridized carbons (Fsp3) is 0.867. The molecule has 3 atom stereocenters. The molecule has 1 heterocycles. The Morgan fingerprint density at radius 1 is 1.41 bits per heavy atom. The van der Waals surface area contributed by atoms with Crippen LogP contribution in [0.15, 0.2) is 11.6 Å². The second-order valence-electron chi connectivity index (χ2n) is 6.78. The molecular weight excluding hydrogens is 212 g/mol. The molecule has 0 bridgehead atoms. The second kappa shape index (κ2) is 5.11. The van der Waals surface area contributed by atoms with Crippen molar-refractivity contribution in [3.05, 3.63) is 11.6 Å². The van der Waals surface area contributed by atoms with E-state index in [-0.39, 0.29) is 0 Å². The number of hydrogen-bond acceptors (Lipinski definition) is 2. The first-order valence-electron chi connectivity index (χ1n) is 6.88. The topological polar surface area (TPSA) is 21.8 Å². The molecule has 17 heavy (non-hydrogen) atoms. The fourth-order valence-electron chi connectivity index (χ4n) is 2.60. The van der Waals surface area contributed by atoms with Crippen molar-refractivity contribution in [3.8, 4) is 0 Å². The lowest BCUT2D eigenvalue weighted by Crippen LogP contribution is -2.30. The summed E-state index contributed by atoms with van der Waals surface area (Å²) < 4.78 is 11.3. The number of epoxide rings is 1. The zero-order chi connectivity index (χ0) is 12.5. The minimum absolute atomic E-state index is 0.326. The Kier molecular flexibility index (Phi) is 3.94. The van der Waals surface area contributed by atoms with Crippen molar-refractivity contribution in [1.29, 1.82) is 0 Å². The lowest BCUT2D eigenvalue weighted by atomic mass is 9.79. The number of ether oxygens (including phenoxy) is 2. The molecule has 0 aromatic carbocycles. The maximum atomic E-state index is 6.08. The molecule has 1 aliphatic carbocycles. The van der Waals surface area contributed by atoms with E-state index < -0.39 is 0 Å². The highest BCUT2D eigenvalue weighted by Gasteiger charge is 2.31. The monoisotopic (exact) mass is 238 g/mol. The van der Waals surface area contributed by atoms with Gasteiger partial charge in [0, 0.05) is 0 Å². The van der Waals surface area contributed by atoms with Gasteiger partial charge in [-0.1, -0.05) is 33.8 Å². The van der Waals surface area contributed by atoms with Crippen LogP contribution >= 0.6 is 0 Å². The van der Waals surface area contributed by atoms with E-state index in [1.165, 1.54) is 18.4 Å².